The summed E-state index contributed by atoms with van der Waals surface area (Å²) >= 11 is 0. The zero-order valence-electron chi connectivity index (χ0n) is 11.4. The van der Waals surface area contributed by atoms with E-state index in [9.17, 15) is 0 Å². The number of benzene rings is 1. The van der Waals surface area contributed by atoms with Crippen LogP contribution in [-0.2, 0) is 12.8 Å². The van der Waals surface area contributed by atoms with Crippen LogP contribution in [0.5, 0.6) is 0 Å². The summed E-state index contributed by atoms with van der Waals surface area (Å²) in [7, 11) is 2.27. The van der Waals surface area contributed by atoms with E-state index in [1.54, 1.807) is 11.1 Å². The third-order valence-electron chi connectivity index (χ3n) is 4.61. The van der Waals surface area contributed by atoms with Gasteiger partial charge < -0.3 is 10.2 Å². The zero-order valence-corrected chi connectivity index (χ0v) is 11.4. The highest BCUT2D eigenvalue weighted by molar-refractivity contribution is 5.33. The lowest BCUT2D eigenvalue weighted by molar-refractivity contribution is 0.178. The highest BCUT2D eigenvalue weighted by Crippen LogP contribution is 2.22. The number of rotatable bonds is 3. The smallest absolute Gasteiger partial charge is 0.0217 e. The molecule has 2 nitrogen and oxygen atoms in total. The molecular formula is C16H24N2. The fourth-order valence-electron chi connectivity index (χ4n) is 3.41. The molecule has 1 aliphatic heterocycles. The monoisotopic (exact) mass is 244 g/mol. The first-order valence-electron chi connectivity index (χ1n) is 7.33. The quantitative estimate of drug-likeness (QED) is 0.877. The summed E-state index contributed by atoms with van der Waals surface area (Å²) in [5, 5.41) is 3.79. The van der Waals surface area contributed by atoms with Crippen molar-refractivity contribution in [2.45, 2.75) is 44.2 Å². The summed E-state index contributed by atoms with van der Waals surface area (Å²) in [4.78, 5) is 2.53. The first-order valence-corrected chi connectivity index (χ1v) is 7.33. The van der Waals surface area contributed by atoms with Gasteiger partial charge in [0.1, 0.15) is 0 Å². The van der Waals surface area contributed by atoms with Crippen molar-refractivity contribution < 1.29 is 0 Å². The molecule has 0 bridgehead atoms. The molecule has 0 saturated carbocycles. The van der Waals surface area contributed by atoms with Crippen molar-refractivity contribution in [2.75, 3.05) is 20.1 Å². The molecule has 2 aliphatic rings. The van der Waals surface area contributed by atoms with E-state index in [0.717, 1.165) is 12.6 Å². The fourth-order valence-corrected chi connectivity index (χ4v) is 3.41. The second-order valence-electron chi connectivity index (χ2n) is 5.91. The number of piperidine rings is 1. The average Bonchev–Trinajstić information content (AvgIpc) is 2.80. The summed E-state index contributed by atoms with van der Waals surface area (Å²) in [6, 6.07) is 10.3. The number of hydrogen-bond acceptors (Lipinski definition) is 2. The zero-order chi connectivity index (χ0) is 12.4. The maximum Gasteiger partial charge on any atom is 0.0217 e. The van der Waals surface area contributed by atoms with Crippen molar-refractivity contribution in [3.8, 4) is 0 Å². The Hall–Kier alpha value is -0.860. The van der Waals surface area contributed by atoms with E-state index in [1.165, 1.54) is 38.6 Å². The van der Waals surface area contributed by atoms with Crippen molar-refractivity contribution >= 4 is 0 Å². The van der Waals surface area contributed by atoms with E-state index in [0.29, 0.717) is 6.04 Å². The summed E-state index contributed by atoms with van der Waals surface area (Å²) < 4.78 is 0. The minimum absolute atomic E-state index is 0.665. The predicted octanol–water partition coefficient (Wildman–Crippen LogP) is 2.23. The van der Waals surface area contributed by atoms with Gasteiger partial charge in [-0.15, -0.1) is 0 Å². The van der Waals surface area contributed by atoms with Gasteiger partial charge in [0, 0.05) is 18.6 Å². The molecule has 1 unspecified atom stereocenters. The van der Waals surface area contributed by atoms with Crippen LogP contribution in [-0.4, -0.2) is 37.1 Å². The summed E-state index contributed by atoms with van der Waals surface area (Å²) in [6.07, 6.45) is 6.58. The Morgan fingerprint density at radius 1 is 1.17 bits per heavy atom. The van der Waals surface area contributed by atoms with Crippen LogP contribution in [0.15, 0.2) is 24.3 Å². The van der Waals surface area contributed by atoms with Gasteiger partial charge in [0.2, 0.25) is 0 Å². The Morgan fingerprint density at radius 2 is 1.89 bits per heavy atom. The van der Waals surface area contributed by atoms with Gasteiger partial charge in [0.15, 0.2) is 0 Å². The molecule has 1 aromatic carbocycles. The van der Waals surface area contributed by atoms with Crippen LogP contribution in [0.4, 0.5) is 0 Å². The molecule has 1 N–H and O–H groups in total. The minimum atomic E-state index is 0.665. The van der Waals surface area contributed by atoms with Crippen molar-refractivity contribution in [1.82, 2.24) is 10.2 Å². The first kappa shape index (κ1) is 12.2. The summed E-state index contributed by atoms with van der Waals surface area (Å²) in [5.41, 5.74) is 3.10. The molecule has 1 saturated heterocycles. The number of nitrogens with zero attached hydrogens (tertiary/aromatic N) is 1. The van der Waals surface area contributed by atoms with Crippen LogP contribution in [0.3, 0.4) is 0 Å². The number of hydrogen-bond donors (Lipinski definition) is 1. The maximum atomic E-state index is 3.79. The Labute approximate surface area is 110 Å². The van der Waals surface area contributed by atoms with Gasteiger partial charge in [-0.05, 0) is 50.4 Å². The van der Waals surface area contributed by atoms with Gasteiger partial charge in [-0.25, -0.2) is 0 Å². The number of fused-ring (bicyclic) bond motifs is 1. The predicted molar refractivity (Wildman–Crippen MR) is 75.9 cm³/mol. The first-order chi connectivity index (χ1) is 8.83. The molecule has 0 aromatic heterocycles. The van der Waals surface area contributed by atoms with Gasteiger partial charge in [0.25, 0.3) is 0 Å². The molecule has 1 atom stereocenters. The lowest BCUT2D eigenvalue weighted by Crippen LogP contribution is -2.45. The van der Waals surface area contributed by atoms with E-state index in [2.05, 4.69) is 41.5 Å². The molecule has 0 spiro atoms. The van der Waals surface area contributed by atoms with Crippen LogP contribution in [0.1, 0.15) is 30.4 Å². The maximum absolute atomic E-state index is 3.79. The van der Waals surface area contributed by atoms with Crippen molar-refractivity contribution in [3.63, 3.8) is 0 Å². The topological polar surface area (TPSA) is 15.3 Å². The second-order valence-corrected chi connectivity index (χ2v) is 5.91. The van der Waals surface area contributed by atoms with Crippen molar-refractivity contribution in [2.24, 2.45) is 0 Å². The molecule has 0 amide bonds. The largest absolute Gasteiger partial charge is 0.312 e. The van der Waals surface area contributed by atoms with Crippen LogP contribution >= 0.6 is 0 Å². The standard InChI is InChI=1S/C16H24N2/c1-18-9-5-4-8-16(18)12-17-15-10-13-6-2-3-7-14(13)11-15/h2-3,6-7,15-17H,4-5,8-12H2,1H3. The molecule has 3 rings (SSSR count). The molecule has 1 fully saturated rings. The number of nitrogens with one attached hydrogen (secondary N) is 1. The van der Waals surface area contributed by atoms with Crippen LogP contribution in [0.2, 0.25) is 0 Å². The number of likely N-dealkylation sites (tertiary alicyclic amines) is 1. The molecule has 1 heterocycles. The molecule has 1 aromatic rings. The third kappa shape index (κ3) is 2.60. The molecule has 0 radical (unpaired) electrons. The van der Waals surface area contributed by atoms with E-state index in [-0.39, 0.29) is 0 Å². The van der Waals surface area contributed by atoms with E-state index >= 15 is 0 Å². The van der Waals surface area contributed by atoms with Gasteiger partial charge in [-0.2, -0.15) is 0 Å². The van der Waals surface area contributed by atoms with Crippen LogP contribution < -0.4 is 5.32 Å². The molecule has 98 valence electrons. The third-order valence-corrected chi connectivity index (χ3v) is 4.61. The Bertz CT molecular complexity index is 377. The lowest BCUT2D eigenvalue weighted by Gasteiger charge is -2.33. The molecular weight excluding hydrogens is 220 g/mol. The summed E-state index contributed by atoms with van der Waals surface area (Å²) in [6.45, 7) is 2.44. The highest BCUT2D eigenvalue weighted by Gasteiger charge is 2.23. The SMILES string of the molecule is CN1CCCCC1CNC1Cc2ccccc2C1. The number of likely N-dealkylation sites (N-methyl/N-ethyl adjacent to an activating group) is 1. The van der Waals surface area contributed by atoms with E-state index in [1.807, 2.05) is 0 Å². The van der Waals surface area contributed by atoms with E-state index < -0.39 is 0 Å². The Balaban J connectivity index is 1.51. The molecule has 18 heavy (non-hydrogen) atoms. The Morgan fingerprint density at radius 3 is 2.56 bits per heavy atom. The minimum Gasteiger partial charge on any atom is -0.312 e. The molecule has 2 heteroatoms. The van der Waals surface area contributed by atoms with Crippen molar-refractivity contribution in [1.29, 1.82) is 0 Å². The lowest BCUT2D eigenvalue weighted by atomic mass is 10.0. The summed E-state index contributed by atoms with van der Waals surface area (Å²) in [5.74, 6) is 0. The van der Waals surface area contributed by atoms with Gasteiger partial charge in [-0.1, -0.05) is 30.7 Å². The van der Waals surface area contributed by atoms with Crippen molar-refractivity contribution in [3.05, 3.63) is 35.4 Å². The normalized spacial score (nSPS) is 25.3. The second kappa shape index (κ2) is 5.41. The van der Waals surface area contributed by atoms with Crippen LogP contribution in [0.25, 0.3) is 0 Å². The highest BCUT2D eigenvalue weighted by atomic mass is 15.2. The van der Waals surface area contributed by atoms with Gasteiger partial charge in [-0.3, -0.25) is 0 Å². The molecule has 1 aliphatic carbocycles. The fraction of sp³-hybridized carbons (Fsp3) is 0.625. The van der Waals surface area contributed by atoms with E-state index in [4.69, 9.17) is 0 Å². The van der Waals surface area contributed by atoms with Crippen LogP contribution in [0, 0.1) is 0 Å². The average molecular weight is 244 g/mol. The Kier molecular flexibility index (Phi) is 3.67. The van der Waals surface area contributed by atoms with Gasteiger partial charge in [0.05, 0.1) is 0 Å². The van der Waals surface area contributed by atoms with Gasteiger partial charge >= 0.3 is 0 Å².